The van der Waals surface area contributed by atoms with E-state index in [1.807, 2.05) is 13.0 Å². The molecule has 1 rings (SSSR count). The number of nitrogens with one attached hydrogen (secondary N) is 1. The first-order chi connectivity index (χ1) is 7.13. The molecule has 0 fully saturated rings. The zero-order valence-corrected chi connectivity index (χ0v) is 9.38. The summed E-state index contributed by atoms with van der Waals surface area (Å²) in [5, 5.41) is 10.3. The Labute approximate surface area is 93.4 Å². The van der Waals surface area contributed by atoms with E-state index in [0.717, 1.165) is 6.42 Å². The number of hydrogen-bond acceptors (Lipinski definition) is 3. The van der Waals surface area contributed by atoms with Crippen LogP contribution in [0.25, 0.3) is 0 Å². The zero-order chi connectivity index (χ0) is 11.3. The van der Waals surface area contributed by atoms with Crippen molar-refractivity contribution in [2.45, 2.75) is 20.3 Å². The first kappa shape index (κ1) is 11.7. The number of hydrogen-bond donors (Lipinski definition) is 1. The maximum Gasteiger partial charge on any atom is 0.252 e. The lowest BCUT2D eigenvalue weighted by Crippen LogP contribution is -2.13. The van der Waals surface area contributed by atoms with Crippen molar-refractivity contribution < 1.29 is 4.79 Å². The highest BCUT2D eigenvalue weighted by Crippen LogP contribution is 2.07. The van der Waals surface area contributed by atoms with Gasteiger partial charge >= 0.3 is 0 Å². The van der Waals surface area contributed by atoms with E-state index in [0.29, 0.717) is 16.5 Å². The molecule has 1 amide bonds. The minimum atomic E-state index is -0.173. The van der Waals surface area contributed by atoms with Gasteiger partial charge in [-0.25, -0.2) is 0 Å². The molecule has 0 spiro atoms. The molecule has 15 heavy (non-hydrogen) atoms. The number of aromatic nitrogens is 2. The van der Waals surface area contributed by atoms with Gasteiger partial charge in [-0.05, 0) is 25.5 Å². The molecule has 1 heterocycles. The summed E-state index contributed by atoms with van der Waals surface area (Å²) in [6.07, 6.45) is 2.67. The Bertz CT molecular complexity index is 373. The van der Waals surface area contributed by atoms with Gasteiger partial charge in [0.2, 0.25) is 0 Å². The summed E-state index contributed by atoms with van der Waals surface area (Å²) in [6, 6.07) is 3.18. The molecule has 4 nitrogen and oxygen atoms in total. The topological polar surface area (TPSA) is 54.9 Å². The Balaban J connectivity index is 2.66. The fraction of sp³-hybridized carbons (Fsp3) is 0.300. The number of nitrogens with zero attached hydrogens (tertiary/aromatic N) is 2. The van der Waals surface area contributed by atoms with Crippen molar-refractivity contribution in [3.8, 4) is 0 Å². The second kappa shape index (κ2) is 5.46. The third kappa shape index (κ3) is 3.67. The molecule has 0 aliphatic heterocycles. The molecular weight excluding hydrogens is 214 g/mol. The smallest absolute Gasteiger partial charge is 0.252 e. The molecule has 0 radical (unpaired) electrons. The van der Waals surface area contributed by atoms with Crippen LogP contribution in [0.1, 0.15) is 20.3 Å². The first-order valence-corrected chi connectivity index (χ1v) is 4.98. The SMILES string of the molecule is CC/C=C(/C)C(=O)Nc1ccc(Cl)nn1. The van der Waals surface area contributed by atoms with E-state index in [1.54, 1.807) is 19.1 Å². The van der Waals surface area contributed by atoms with E-state index in [2.05, 4.69) is 15.5 Å². The quantitative estimate of drug-likeness (QED) is 0.804. The second-order valence-electron chi connectivity index (χ2n) is 2.99. The van der Waals surface area contributed by atoms with Crippen molar-refractivity contribution in [3.63, 3.8) is 0 Å². The third-order valence-electron chi connectivity index (χ3n) is 1.74. The lowest BCUT2D eigenvalue weighted by atomic mass is 10.2. The highest BCUT2D eigenvalue weighted by atomic mass is 35.5. The minimum Gasteiger partial charge on any atom is -0.305 e. The van der Waals surface area contributed by atoms with Crippen LogP contribution in [0.4, 0.5) is 5.82 Å². The Hall–Kier alpha value is -1.42. The van der Waals surface area contributed by atoms with Crippen molar-refractivity contribution in [1.29, 1.82) is 0 Å². The number of carbonyl (C=O) groups excluding carboxylic acids is 1. The Morgan fingerprint density at radius 2 is 2.27 bits per heavy atom. The summed E-state index contributed by atoms with van der Waals surface area (Å²) < 4.78 is 0. The predicted octanol–water partition coefficient (Wildman–Crippen LogP) is 2.42. The molecule has 0 aliphatic carbocycles. The molecule has 80 valence electrons. The lowest BCUT2D eigenvalue weighted by molar-refractivity contribution is -0.112. The summed E-state index contributed by atoms with van der Waals surface area (Å²) >= 11 is 5.56. The van der Waals surface area contributed by atoms with Gasteiger partial charge in [0.1, 0.15) is 0 Å². The van der Waals surface area contributed by atoms with Crippen LogP contribution in [-0.4, -0.2) is 16.1 Å². The number of rotatable bonds is 3. The van der Waals surface area contributed by atoms with E-state index < -0.39 is 0 Å². The molecule has 0 saturated carbocycles. The standard InChI is InChI=1S/C10H12ClN3O/c1-3-4-7(2)10(15)12-9-6-5-8(11)13-14-9/h4-6H,3H2,1-2H3,(H,12,14,15)/b7-4-. The average Bonchev–Trinajstić information content (AvgIpc) is 2.22. The summed E-state index contributed by atoms with van der Waals surface area (Å²) in [5.74, 6) is 0.224. The van der Waals surface area contributed by atoms with E-state index >= 15 is 0 Å². The van der Waals surface area contributed by atoms with Crippen molar-refractivity contribution in [3.05, 3.63) is 28.9 Å². The van der Waals surface area contributed by atoms with Gasteiger partial charge in [0, 0.05) is 5.57 Å². The van der Waals surface area contributed by atoms with E-state index in [4.69, 9.17) is 11.6 Å². The summed E-state index contributed by atoms with van der Waals surface area (Å²) in [6.45, 7) is 3.72. The molecule has 0 aliphatic rings. The van der Waals surface area contributed by atoms with Gasteiger partial charge in [-0.1, -0.05) is 24.6 Å². The highest BCUT2D eigenvalue weighted by Gasteiger charge is 2.04. The van der Waals surface area contributed by atoms with E-state index in [-0.39, 0.29) is 5.91 Å². The fourth-order valence-electron chi connectivity index (χ4n) is 0.996. The van der Waals surface area contributed by atoms with Crippen LogP contribution in [0.2, 0.25) is 5.15 Å². The molecule has 0 saturated heterocycles. The van der Waals surface area contributed by atoms with Crippen LogP contribution in [0.3, 0.4) is 0 Å². The number of allylic oxidation sites excluding steroid dienone is 1. The third-order valence-corrected chi connectivity index (χ3v) is 1.94. The van der Waals surface area contributed by atoms with Crippen molar-refractivity contribution >= 4 is 23.3 Å². The minimum absolute atomic E-state index is 0.173. The molecule has 0 aromatic carbocycles. The molecule has 0 bridgehead atoms. The van der Waals surface area contributed by atoms with Crippen molar-refractivity contribution in [1.82, 2.24) is 10.2 Å². The number of amides is 1. The van der Waals surface area contributed by atoms with E-state index in [1.165, 1.54) is 0 Å². The van der Waals surface area contributed by atoms with Crippen LogP contribution >= 0.6 is 11.6 Å². The molecular formula is C10H12ClN3O. The predicted molar refractivity (Wildman–Crippen MR) is 59.7 cm³/mol. The van der Waals surface area contributed by atoms with Gasteiger partial charge in [0.25, 0.3) is 5.91 Å². The Kier molecular flexibility index (Phi) is 4.24. The zero-order valence-electron chi connectivity index (χ0n) is 8.62. The number of halogens is 1. The van der Waals surface area contributed by atoms with Crippen molar-refractivity contribution in [2.75, 3.05) is 5.32 Å². The lowest BCUT2D eigenvalue weighted by Gasteiger charge is -2.03. The summed E-state index contributed by atoms with van der Waals surface area (Å²) in [4.78, 5) is 11.5. The van der Waals surface area contributed by atoms with Crippen LogP contribution in [0.5, 0.6) is 0 Å². The normalized spacial score (nSPS) is 11.3. The van der Waals surface area contributed by atoms with Crippen LogP contribution < -0.4 is 5.32 Å². The van der Waals surface area contributed by atoms with Crippen LogP contribution in [0.15, 0.2) is 23.8 Å². The molecule has 0 atom stereocenters. The molecule has 5 heteroatoms. The average molecular weight is 226 g/mol. The Morgan fingerprint density at radius 3 is 2.80 bits per heavy atom. The van der Waals surface area contributed by atoms with Gasteiger partial charge in [0.15, 0.2) is 11.0 Å². The number of anilines is 1. The van der Waals surface area contributed by atoms with Crippen LogP contribution in [-0.2, 0) is 4.79 Å². The molecule has 1 aromatic rings. The number of carbonyl (C=O) groups is 1. The van der Waals surface area contributed by atoms with Gasteiger partial charge in [-0.15, -0.1) is 10.2 Å². The molecule has 1 N–H and O–H groups in total. The molecule has 1 aromatic heterocycles. The fourth-order valence-corrected chi connectivity index (χ4v) is 1.10. The maximum atomic E-state index is 11.5. The monoisotopic (exact) mass is 225 g/mol. The van der Waals surface area contributed by atoms with E-state index in [9.17, 15) is 4.79 Å². The van der Waals surface area contributed by atoms with Crippen molar-refractivity contribution in [2.24, 2.45) is 0 Å². The highest BCUT2D eigenvalue weighted by molar-refractivity contribution is 6.29. The largest absolute Gasteiger partial charge is 0.305 e. The van der Waals surface area contributed by atoms with Gasteiger partial charge in [0.05, 0.1) is 0 Å². The second-order valence-corrected chi connectivity index (χ2v) is 3.38. The summed E-state index contributed by atoms with van der Waals surface area (Å²) in [7, 11) is 0. The van der Waals surface area contributed by atoms with Gasteiger partial charge in [-0.3, -0.25) is 4.79 Å². The molecule has 0 unspecified atom stereocenters. The maximum absolute atomic E-state index is 11.5. The first-order valence-electron chi connectivity index (χ1n) is 4.61. The Morgan fingerprint density at radius 1 is 1.53 bits per heavy atom. The van der Waals surface area contributed by atoms with Gasteiger partial charge in [-0.2, -0.15) is 0 Å². The summed E-state index contributed by atoms with van der Waals surface area (Å²) in [5.41, 5.74) is 0.661. The van der Waals surface area contributed by atoms with Crippen LogP contribution in [0, 0.1) is 0 Å². The van der Waals surface area contributed by atoms with Gasteiger partial charge < -0.3 is 5.32 Å².